The minimum Gasteiger partial charge on any atom is -0.319 e. The summed E-state index contributed by atoms with van der Waals surface area (Å²) in [5.41, 5.74) is 8.75. The topological polar surface area (TPSA) is 38.0 Å². The molecule has 0 unspecified atom stereocenters. The van der Waals surface area contributed by atoms with E-state index in [-0.39, 0.29) is 17.9 Å². The number of hydrogen-bond acceptors (Lipinski definition) is 2. The molecule has 0 amide bonds. The number of aryl methyl sites for hydroxylation is 1. The summed E-state index contributed by atoms with van der Waals surface area (Å²) in [5, 5.41) is 3.21. The van der Waals surface area contributed by atoms with Crippen LogP contribution >= 0.6 is 12.4 Å². The van der Waals surface area contributed by atoms with E-state index in [9.17, 15) is 0 Å². The second kappa shape index (κ2) is 4.97. The summed E-state index contributed by atoms with van der Waals surface area (Å²) in [4.78, 5) is 0. The van der Waals surface area contributed by atoms with Gasteiger partial charge < -0.3 is 11.1 Å². The highest BCUT2D eigenvalue weighted by Gasteiger charge is 2.33. The zero-order valence-electron chi connectivity index (χ0n) is 9.12. The van der Waals surface area contributed by atoms with Crippen LogP contribution in [0.15, 0.2) is 24.3 Å². The maximum atomic E-state index is 6.19. The molecule has 0 radical (unpaired) electrons. The van der Waals surface area contributed by atoms with E-state index < -0.39 is 0 Å². The standard InChI is InChI=1S/C12H18N2.ClH/c1-2-3-10-4-6-11(7-5-10)12(13)8-14-9-12;/h4-7,14H,2-3,8-9,13H2,1H3;1H. The van der Waals surface area contributed by atoms with Crippen LogP contribution in [0.1, 0.15) is 24.5 Å². The molecule has 84 valence electrons. The van der Waals surface area contributed by atoms with Crippen molar-refractivity contribution in [2.75, 3.05) is 13.1 Å². The molecule has 3 N–H and O–H groups in total. The predicted molar refractivity (Wildman–Crippen MR) is 66.4 cm³/mol. The second-order valence-electron chi connectivity index (χ2n) is 4.21. The number of halogens is 1. The van der Waals surface area contributed by atoms with Crippen LogP contribution in [-0.2, 0) is 12.0 Å². The Morgan fingerprint density at radius 2 is 1.87 bits per heavy atom. The summed E-state index contributed by atoms with van der Waals surface area (Å²) < 4.78 is 0. The van der Waals surface area contributed by atoms with E-state index in [1.54, 1.807) is 0 Å². The molecule has 1 aromatic carbocycles. The molecule has 0 aromatic heterocycles. The van der Waals surface area contributed by atoms with E-state index in [4.69, 9.17) is 5.73 Å². The van der Waals surface area contributed by atoms with Gasteiger partial charge in [0.05, 0.1) is 5.54 Å². The van der Waals surface area contributed by atoms with E-state index in [0.29, 0.717) is 0 Å². The maximum Gasteiger partial charge on any atom is 0.0662 e. The third-order valence-corrected chi connectivity index (χ3v) is 2.95. The lowest BCUT2D eigenvalue weighted by molar-refractivity contribution is 0.287. The van der Waals surface area contributed by atoms with Gasteiger partial charge >= 0.3 is 0 Å². The Labute approximate surface area is 97.7 Å². The minimum atomic E-state index is -0.106. The van der Waals surface area contributed by atoms with Crippen LogP contribution in [0.2, 0.25) is 0 Å². The van der Waals surface area contributed by atoms with Crippen LogP contribution in [-0.4, -0.2) is 13.1 Å². The Bertz CT molecular complexity index is 304. The van der Waals surface area contributed by atoms with Crippen molar-refractivity contribution in [3.8, 4) is 0 Å². The third kappa shape index (κ3) is 2.51. The van der Waals surface area contributed by atoms with Gasteiger partial charge in [-0.1, -0.05) is 37.6 Å². The summed E-state index contributed by atoms with van der Waals surface area (Å²) in [6.07, 6.45) is 2.37. The first-order valence-electron chi connectivity index (χ1n) is 5.33. The largest absolute Gasteiger partial charge is 0.319 e. The normalized spacial score (nSPS) is 17.7. The fraction of sp³-hybridized carbons (Fsp3) is 0.500. The van der Waals surface area contributed by atoms with Crippen molar-refractivity contribution in [1.29, 1.82) is 0 Å². The smallest absolute Gasteiger partial charge is 0.0662 e. The Kier molecular flexibility index (Phi) is 4.14. The second-order valence-corrected chi connectivity index (χ2v) is 4.21. The number of nitrogens with one attached hydrogen (secondary N) is 1. The molecule has 2 nitrogen and oxygen atoms in total. The van der Waals surface area contributed by atoms with Crippen LogP contribution in [0, 0.1) is 0 Å². The lowest BCUT2D eigenvalue weighted by Crippen LogP contribution is -2.62. The Balaban J connectivity index is 0.00000112. The van der Waals surface area contributed by atoms with Crippen LogP contribution in [0.3, 0.4) is 0 Å². The van der Waals surface area contributed by atoms with Gasteiger partial charge in [-0.05, 0) is 17.5 Å². The number of benzene rings is 1. The van der Waals surface area contributed by atoms with Gasteiger partial charge in [0.1, 0.15) is 0 Å². The Hall–Kier alpha value is -0.570. The SMILES string of the molecule is CCCc1ccc(C2(N)CNC2)cc1.Cl. The first kappa shape index (κ1) is 12.5. The molecule has 3 heteroatoms. The molecule has 0 bridgehead atoms. The molecule has 1 aromatic rings. The summed E-state index contributed by atoms with van der Waals surface area (Å²) >= 11 is 0. The highest BCUT2D eigenvalue weighted by atomic mass is 35.5. The quantitative estimate of drug-likeness (QED) is 0.825. The van der Waals surface area contributed by atoms with Crippen molar-refractivity contribution in [2.24, 2.45) is 5.73 Å². The monoisotopic (exact) mass is 226 g/mol. The first-order chi connectivity index (χ1) is 6.74. The van der Waals surface area contributed by atoms with Gasteiger partial charge in [0.2, 0.25) is 0 Å². The fourth-order valence-electron chi connectivity index (χ4n) is 1.89. The van der Waals surface area contributed by atoms with E-state index in [1.165, 1.54) is 17.5 Å². The molecule has 15 heavy (non-hydrogen) atoms. The van der Waals surface area contributed by atoms with Gasteiger partial charge in [-0.25, -0.2) is 0 Å². The predicted octanol–water partition coefficient (Wildman–Crippen LogP) is 1.82. The number of hydrogen-bond donors (Lipinski definition) is 2. The lowest BCUT2D eigenvalue weighted by Gasteiger charge is -2.39. The highest BCUT2D eigenvalue weighted by molar-refractivity contribution is 5.85. The first-order valence-corrected chi connectivity index (χ1v) is 5.33. The molecule has 0 aliphatic carbocycles. The van der Waals surface area contributed by atoms with Gasteiger partial charge in [0, 0.05) is 13.1 Å². The number of rotatable bonds is 3. The van der Waals surface area contributed by atoms with Crippen molar-refractivity contribution in [3.63, 3.8) is 0 Å². The van der Waals surface area contributed by atoms with Crippen molar-refractivity contribution in [3.05, 3.63) is 35.4 Å². The minimum absolute atomic E-state index is 0. The van der Waals surface area contributed by atoms with Crippen molar-refractivity contribution >= 4 is 12.4 Å². The Morgan fingerprint density at radius 1 is 1.27 bits per heavy atom. The van der Waals surface area contributed by atoms with Gasteiger partial charge in [-0.3, -0.25) is 0 Å². The molecule has 1 aliphatic rings. The van der Waals surface area contributed by atoms with E-state index >= 15 is 0 Å². The third-order valence-electron chi connectivity index (χ3n) is 2.95. The van der Waals surface area contributed by atoms with E-state index in [0.717, 1.165) is 19.5 Å². The fourth-order valence-corrected chi connectivity index (χ4v) is 1.89. The van der Waals surface area contributed by atoms with E-state index in [1.807, 2.05) is 0 Å². The molecule has 1 saturated heterocycles. The molecular formula is C12H19ClN2. The van der Waals surface area contributed by atoms with E-state index in [2.05, 4.69) is 36.5 Å². The maximum absolute atomic E-state index is 6.19. The Morgan fingerprint density at radius 3 is 2.27 bits per heavy atom. The summed E-state index contributed by atoms with van der Waals surface area (Å²) in [6.45, 7) is 4.01. The molecule has 0 saturated carbocycles. The average Bonchev–Trinajstić information content (AvgIpc) is 2.16. The van der Waals surface area contributed by atoms with Crippen LogP contribution < -0.4 is 11.1 Å². The van der Waals surface area contributed by atoms with Crippen LogP contribution in [0.4, 0.5) is 0 Å². The van der Waals surface area contributed by atoms with Gasteiger partial charge in [0.25, 0.3) is 0 Å². The molecule has 1 aliphatic heterocycles. The molecule has 1 heterocycles. The number of nitrogens with two attached hydrogens (primary N) is 1. The molecular weight excluding hydrogens is 208 g/mol. The summed E-state index contributed by atoms with van der Waals surface area (Å²) in [6, 6.07) is 8.75. The summed E-state index contributed by atoms with van der Waals surface area (Å²) in [5.74, 6) is 0. The molecule has 0 atom stereocenters. The summed E-state index contributed by atoms with van der Waals surface area (Å²) in [7, 11) is 0. The average molecular weight is 227 g/mol. The lowest BCUT2D eigenvalue weighted by atomic mass is 9.85. The van der Waals surface area contributed by atoms with Crippen LogP contribution in [0.5, 0.6) is 0 Å². The zero-order valence-corrected chi connectivity index (χ0v) is 9.94. The van der Waals surface area contributed by atoms with Crippen molar-refractivity contribution < 1.29 is 0 Å². The van der Waals surface area contributed by atoms with Crippen molar-refractivity contribution in [2.45, 2.75) is 25.3 Å². The molecule has 0 spiro atoms. The van der Waals surface area contributed by atoms with Crippen LogP contribution in [0.25, 0.3) is 0 Å². The highest BCUT2D eigenvalue weighted by Crippen LogP contribution is 2.22. The van der Waals surface area contributed by atoms with Gasteiger partial charge in [0.15, 0.2) is 0 Å². The molecule has 2 rings (SSSR count). The zero-order chi connectivity index (χ0) is 10.0. The van der Waals surface area contributed by atoms with Gasteiger partial charge in [-0.15, -0.1) is 12.4 Å². The van der Waals surface area contributed by atoms with Gasteiger partial charge in [-0.2, -0.15) is 0 Å². The van der Waals surface area contributed by atoms with Crippen molar-refractivity contribution in [1.82, 2.24) is 5.32 Å². The molecule has 1 fully saturated rings.